The molecule has 0 aromatic rings. The van der Waals surface area contributed by atoms with E-state index >= 15 is 0 Å². The first-order valence-electron chi connectivity index (χ1n) is 4.75. The van der Waals surface area contributed by atoms with Gasteiger partial charge in [-0.25, -0.2) is 0 Å². The highest BCUT2D eigenvalue weighted by Gasteiger charge is 2.27. The second-order valence-corrected chi connectivity index (χ2v) is 6.10. The van der Waals surface area contributed by atoms with Crippen molar-refractivity contribution in [2.24, 2.45) is 0 Å². The zero-order valence-corrected chi connectivity index (χ0v) is 9.42. The van der Waals surface area contributed by atoms with E-state index in [4.69, 9.17) is 4.74 Å². The molecule has 0 radical (unpaired) electrons. The van der Waals surface area contributed by atoms with Crippen LogP contribution in [-0.4, -0.2) is 30.9 Å². The maximum Gasteiger partial charge on any atom is 0.323 e. The molecule has 0 spiro atoms. The van der Waals surface area contributed by atoms with Crippen molar-refractivity contribution in [3.8, 4) is 0 Å². The lowest BCUT2D eigenvalue weighted by atomic mass is 10.4. The molecular weight excluding hydrogens is 201 g/mol. The number of esters is 1. The maximum atomic E-state index is 12.0. The number of nitrogens with one attached hydrogen (secondary N) is 1. The molecule has 1 aliphatic heterocycles. The predicted molar refractivity (Wildman–Crippen MR) is 55.7 cm³/mol. The Hall–Kier alpha value is -0.600. The van der Waals surface area contributed by atoms with Gasteiger partial charge < -0.3 is 9.30 Å². The van der Waals surface area contributed by atoms with Crippen LogP contribution in [-0.2, 0) is 14.1 Å². The highest BCUT2D eigenvalue weighted by Crippen LogP contribution is 2.44. The van der Waals surface area contributed by atoms with Crippen LogP contribution in [0.5, 0.6) is 0 Å². The van der Waals surface area contributed by atoms with Crippen LogP contribution in [0.25, 0.3) is 0 Å². The van der Waals surface area contributed by atoms with Crippen LogP contribution >= 0.6 is 7.29 Å². The largest absolute Gasteiger partial charge is 0.465 e. The average molecular weight is 217 g/mol. The van der Waals surface area contributed by atoms with Crippen LogP contribution in [0.4, 0.5) is 0 Å². The second kappa shape index (κ2) is 4.76. The van der Waals surface area contributed by atoms with Crippen molar-refractivity contribution in [3.05, 3.63) is 12.2 Å². The van der Waals surface area contributed by atoms with E-state index in [1.54, 1.807) is 13.8 Å². The fourth-order valence-electron chi connectivity index (χ4n) is 1.34. The van der Waals surface area contributed by atoms with Crippen LogP contribution < -0.4 is 5.09 Å². The second-order valence-electron chi connectivity index (χ2n) is 3.33. The molecule has 0 saturated carbocycles. The van der Waals surface area contributed by atoms with Gasteiger partial charge in [-0.1, -0.05) is 12.2 Å². The monoisotopic (exact) mass is 217 g/mol. The van der Waals surface area contributed by atoms with E-state index in [0.29, 0.717) is 18.9 Å². The molecule has 0 saturated heterocycles. The summed E-state index contributed by atoms with van der Waals surface area (Å²) in [7, 11) is -2.37. The predicted octanol–water partition coefficient (Wildman–Crippen LogP) is 1.38. The lowest BCUT2D eigenvalue weighted by Gasteiger charge is -2.18. The number of hydrogen-bond acceptors (Lipinski definition) is 3. The molecular formula is C9H16NO3P. The summed E-state index contributed by atoms with van der Waals surface area (Å²) in [5, 5.41) is 2.86. The Morgan fingerprint density at radius 3 is 2.64 bits per heavy atom. The van der Waals surface area contributed by atoms with Gasteiger partial charge in [0.05, 0.1) is 6.61 Å². The third kappa shape index (κ3) is 2.96. The van der Waals surface area contributed by atoms with Crippen molar-refractivity contribution in [1.82, 2.24) is 5.09 Å². The minimum absolute atomic E-state index is 0.338. The first-order valence-corrected chi connectivity index (χ1v) is 6.82. The van der Waals surface area contributed by atoms with E-state index in [1.807, 2.05) is 12.2 Å². The molecule has 1 heterocycles. The lowest BCUT2D eigenvalue weighted by molar-refractivity contribution is -0.144. The van der Waals surface area contributed by atoms with E-state index in [2.05, 4.69) is 5.09 Å². The van der Waals surface area contributed by atoms with E-state index in [-0.39, 0.29) is 5.97 Å². The summed E-state index contributed by atoms with van der Waals surface area (Å²) in [6.07, 6.45) is 4.84. The molecule has 0 amide bonds. The Labute approximate surface area is 84.1 Å². The molecule has 0 fully saturated rings. The molecule has 4 nitrogen and oxygen atoms in total. The van der Waals surface area contributed by atoms with Crippen LogP contribution in [0.15, 0.2) is 12.2 Å². The molecule has 0 aliphatic carbocycles. The number of carbonyl (C=O) groups is 1. The summed E-state index contributed by atoms with van der Waals surface area (Å²) < 4.78 is 16.8. The fourth-order valence-corrected chi connectivity index (χ4v) is 3.49. The molecule has 0 bridgehead atoms. The Bertz CT molecular complexity index is 276. The number of rotatable bonds is 4. The van der Waals surface area contributed by atoms with E-state index in [1.165, 1.54) is 0 Å². The topological polar surface area (TPSA) is 55.4 Å². The van der Waals surface area contributed by atoms with Gasteiger partial charge in [0, 0.05) is 12.3 Å². The number of ether oxygens (including phenoxy) is 1. The van der Waals surface area contributed by atoms with Gasteiger partial charge in [0.25, 0.3) is 0 Å². The van der Waals surface area contributed by atoms with Crippen molar-refractivity contribution in [1.29, 1.82) is 0 Å². The Morgan fingerprint density at radius 2 is 2.14 bits per heavy atom. The molecule has 1 aliphatic rings. The van der Waals surface area contributed by atoms with Gasteiger partial charge in [-0.15, -0.1) is 0 Å². The average Bonchev–Trinajstić information content (AvgIpc) is 2.52. The fraction of sp³-hybridized carbons (Fsp3) is 0.667. The molecule has 1 N–H and O–H groups in total. The molecule has 1 unspecified atom stereocenters. The minimum Gasteiger partial charge on any atom is -0.465 e. The van der Waals surface area contributed by atoms with Crippen LogP contribution in [0.1, 0.15) is 13.8 Å². The molecule has 14 heavy (non-hydrogen) atoms. The first-order chi connectivity index (χ1) is 6.57. The van der Waals surface area contributed by atoms with Crippen molar-refractivity contribution in [2.45, 2.75) is 19.9 Å². The Morgan fingerprint density at radius 1 is 1.57 bits per heavy atom. The molecule has 0 aromatic carbocycles. The van der Waals surface area contributed by atoms with E-state index in [0.717, 1.165) is 0 Å². The standard InChI is InChI=1S/C9H16NO3P/c1-3-13-9(11)8(2)10-14(12)6-4-5-7-14/h4-5,8H,3,6-7H2,1-2H3,(H,10,12). The molecule has 5 heteroatoms. The first kappa shape index (κ1) is 11.5. The quantitative estimate of drug-likeness (QED) is 0.439. The van der Waals surface area contributed by atoms with E-state index in [9.17, 15) is 9.36 Å². The summed E-state index contributed by atoms with van der Waals surface area (Å²) in [6, 6.07) is -0.485. The van der Waals surface area contributed by atoms with Crippen LogP contribution in [0.3, 0.4) is 0 Å². The van der Waals surface area contributed by atoms with Crippen molar-refractivity contribution in [2.75, 3.05) is 18.9 Å². The van der Waals surface area contributed by atoms with Gasteiger partial charge in [-0.05, 0) is 13.8 Å². The van der Waals surface area contributed by atoms with Gasteiger partial charge in [-0.3, -0.25) is 9.88 Å². The van der Waals surface area contributed by atoms with Crippen molar-refractivity contribution >= 4 is 13.3 Å². The summed E-state index contributed by atoms with van der Waals surface area (Å²) in [6.45, 7) is 3.78. The SMILES string of the molecule is CCOC(=O)C(C)NP1(=O)CC=CC1. The van der Waals surface area contributed by atoms with Crippen LogP contribution in [0, 0.1) is 0 Å². The normalized spacial score (nSPS) is 20.7. The third-order valence-electron chi connectivity index (χ3n) is 2.04. The van der Waals surface area contributed by atoms with Crippen molar-refractivity contribution < 1.29 is 14.1 Å². The molecule has 1 rings (SSSR count). The summed E-state index contributed by atoms with van der Waals surface area (Å²) >= 11 is 0. The lowest BCUT2D eigenvalue weighted by Crippen LogP contribution is -2.33. The number of allylic oxidation sites excluding steroid dienone is 2. The molecule has 0 aromatic heterocycles. The van der Waals surface area contributed by atoms with Crippen molar-refractivity contribution in [3.63, 3.8) is 0 Å². The number of hydrogen-bond donors (Lipinski definition) is 1. The summed E-state index contributed by atoms with van der Waals surface area (Å²) in [4.78, 5) is 11.2. The van der Waals surface area contributed by atoms with Gasteiger partial charge in [0.1, 0.15) is 6.04 Å². The number of carbonyl (C=O) groups excluding carboxylic acids is 1. The molecule has 80 valence electrons. The third-order valence-corrected chi connectivity index (χ3v) is 4.50. The smallest absolute Gasteiger partial charge is 0.323 e. The van der Waals surface area contributed by atoms with Gasteiger partial charge in [0.2, 0.25) is 0 Å². The highest BCUT2D eigenvalue weighted by atomic mass is 31.2. The summed E-state index contributed by atoms with van der Waals surface area (Å²) in [5.41, 5.74) is 0. The maximum absolute atomic E-state index is 12.0. The van der Waals surface area contributed by atoms with Gasteiger partial charge in [0.15, 0.2) is 7.29 Å². The Kier molecular flexibility index (Phi) is 3.90. The van der Waals surface area contributed by atoms with E-state index < -0.39 is 13.3 Å². The highest BCUT2D eigenvalue weighted by molar-refractivity contribution is 7.62. The summed E-state index contributed by atoms with van der Waals surface area (Å²) in [5.74, 6) is -0.338. The van der Waals surface area contributed by atoms with Crippen LogP contribution in [0.2, 0.25) is 0 Å². The van der Waals surface area contributed by atoms with Gasteiger partial charge >= 0.3 is 5.97 Å². The Balaban J connectivity index is 2.44. The molecule has 1 atom stereocenters. The zero-order valence-electron chi connectivity index (χ0n) is 8.53. The van der Waals surface area contributed by atoms with Gasteiger partial charge in [-0.2, -0.15) is 0 Å². The minimum atomic E-state index is -2.37. The zero-order chi connectivity index (χ0) is 10.6.